The highest BCUT2D eigenvalue weighted by atomic mass is 35.5. The summed E-state index contributed by atoms with van der Waals surface area (Å²) in [6.45, 7) is 0.615. The maximum absolute atomic E-state index is 12.9. The van der Waals surface area contributed by atoms with Gasteiger partial charge in [-0.1, -0.05) is 35.3 Å². The summed E-state index contributed by atoms with van der Waals surface area (Å²) in [4.78, 5) is 15.2. The fourth-order valence-corrected chi connectivity index (χ4v) is 5.80. The Morgan fingerprint density at radius 3 is 2.48 bits per heavy atom. The van der Waals surface area contributed by atoms with Crippen LogP contribution in [-0.2, 0) is 10.0 Å². The van der Waals surface area contributed by atoms with Crippen molar-refractivity contribution in [3.63, 3.8) is 0 Å². The molecule has 1 aliphatic heterocycles. The van der Waals surface area contributed by atoms with Gasteiger partial charge in [0.25, 0.3) is 0 Å². The first-order valence-electron chi connectivity index (χ1n) is 8.52. The smallest absolute Gasteiger partial charge is 0.306 e. The highest BCUT2D eigenvalue weighted by Crippen LogP contribution is 2.32. The summed E-state index contributed by atoms with van der Waals surface area (Å²) in [6.07, 6.45) is 1.08. The van der Waals surface area contributed by atoms with Crippen molar-refractivity contribution < 1.29 is 8.42 Å². The van der Waals surface area contributed by atoms with Crippen molar-refractivity contribution in [3.05, 3.63) is 63.0 Å². The van der Waals surface area contributed by atoms with Crippen LogP contribution < -0.4 is 5.69 Å². The summed E-state index contributed by atoms with van der Waals surface area (Å²) in [5.74, 6) is 0. The first kappa shape index (κ1) is 18.6. The molecule has 142 valence electrons. The van der Waals surface area contributed by atoms with Crippen LogP contribution in [0.25, 0.3) is 11.0 Å². The molecule has 3 aromatic rings. The predicted molar refractivity (Wildman–Crippen MR) is 106 cm³/mol. The standard InChI is InChI=1S/C18H17Cl2N3O3S/c19-12-5-6-14(20)17(11-12)27(25,26)22-9-7-13(8-10-22)23-16-4-2-1-3-15(16)21-18(23)24/h1-6,11,13H,7-10H2,(H,21,24). The van der Waals surface area contributed by atoms with E-state index in [9.17, 15) is 13.2 Å². The molecule has 1 fully saturated rings. The molecular weight excluding hydrogens is 409 g/mol. The number of H-pyrrole nitrogens is 1. The second-order valence-electron chi connectivity index (χ2n) is 6.53. The van der Waals surface area contributed by atoms with E-state index in [0.29, 0.717) is 31.0 Å². The molecule has 0 amide bonds. The summed E-state index contributed by atoms with van der Waals surface area (Å²) < 4.78 is 29.0. The van der Waals surface area contributed by atoms with Crippen LogP contribution >= 0.6 is 23.2 Å². The lowest BCUT2D eigenvalue weighted by atomic mass is 10.1. The van der Waals surface area contributed by atoms with Crippen molar-refractivity contribution in [3.8, 4) is 0 Å². The van der Waals surface area contributed by atoms with Gasteiger partial charge in [0.1, 0.15) is 4.90 Å². The van der Waals surface area contributed by atoms with E-state index in [2.05, 4.69) is 4.98 Å². The van der Waals surface area contributed by atoms with E-state index >= 15 is 0 Å². The lowest BCUT2D eigenvalue weighted by Crippen LogP contribution is -2.40. The van der Waals surface area contributed by atoms with E-state index in [1.165, 1.54) is 16.4 Å². The number of aromatic amines is 1. The maximum atomic E-state index is 12.9. The van der Waals surface area contributed by atoms with Crippen molar-refractivity contribution >= 4 is 44.3 Å². The first-order valence-corrected chi connectivity index (χ1v) is 10.7. The zero-order valence-corrected chi connectivity index (χ0v) is 16.6. The van der Waals surface area contributed by atoms with Crippen LogP contribution in [0.15, 0.2) is 52.2 Å². The fourth-order valence-electron chi connectivity index (χ4n) is 3.59. The Hall–Kier alpha value is -1.80. The monoisotopic (exact) mass is 425 g/mol. The molecule has 0 unspecified atom stereocenters. The van der Waals surface area contributed by atoms with Crippen LogP contribution in [0.3, 0.4) is 0 Å². The number of piperidine rings is 1. The summed E-state index contributed by atoms with van der Waals surface area (Å²) in [5.41, 5.74) is 1.44. The molecule has 6 nitrogen and oxygen atoms in total. The highest BCUT2D eigenvalue weighted by Gasteiger charge is 2.32. The zero-order valence-electron chi connectivity index (χ0n) is 14.2. The molecule has 0 saturated carbocycles. The molecule has 0 atom stereocenters. The second kappa shape index (κ2) is 6.98. The Morgan fingerprint density at radius 2 is 1.74 bits per heavy atom. The molecule has 1 aliphatic rings. The fraction of sp³-hybridized carbons (Fsp3) is 0.278. The predicted octanol–water partition coefficient (Wildman–Crippen LogP) is 3.66. The van der Waals surface area contributed by atoms with E-state index in [1.54, 1.807) is 10.6 Å². The molecule has 0 spiro atoms. The van der Waals surface area contributed by atoms with Gasteiger partial charge in [-0.3, -0.25) is 4.57 Å². The average Bonchev–Trinajstić information content (AvgIpc) is 2.99. The lowest BCUT2D eigenvalue weighted by molar-refractivity contribution is 0.274. The quantitative estimate of drug-likeness (QED) is 0.695. The Balaban J connectivity index is 1.59. The van der Waals surface area contributed by atoms with Crippen LogP contribution in [0.5, 0.6) is 0 Å². The molecule has 1 saturated heterocycles. The largest absolute Gasteiger partial charge is 0.326 e. The van der Waals surface area contributed by atoms with Gasteiger partial charge in [-0.2, -0.15) is 4.31 Å². The van der Waals surface area contributed by atoms with Gasteiger partial charge in [-0.25, -0.2) is 13.2 Å². The summed E-state index contributed by atoms with van der Waals surface area (Å²) in [5, 5.41) is 0.465. The Labute approximate surface area is 166 Å². The lowest BCUT2D eigenvalue weighted by Gasteiger charge is -2.32. The number of hydrogen-bond acceptors (Lipinski definition) is 3. The third-order valence-corrected chi connectivity index (χ3v) is 7.54. The molecule has 0 bridgehead atoms. The van der Waals surface area contributed by atoms with E-state index in [-0.39, 0.29) is 21.6 Å². The summed E-state index contributed by atoms with van der Waals surface area (Å²) in [7, 11) is -3.74. The molecule has 0 radical (unpaired) electrons. The minimum Gasteiger partial charge on any atom is -0.306 e. The molecular formula is C18H17Cl2N3O3S. The molecule has 2 aromatic carbocycles. The normalized spacial score (nSPS) is 16.8. The third-order valence-electron chi connectivity index (χ3n) is 4.92. The Morgan fingerprint density at radius 1 is 1.04 bits per heavy atom. The van der Waals surface area contributed by atoms with Crippen LogP contribution in [-0.4, -0.2) is 35.4 Å². The van der Waals surface area contributed by atoms with Gasteiger partial charge < -0.3 is 4.98 Å². The third kappa shape index (κ3) is 3.29. The minimum atomic E-state index is -3.74. The van der Waals surface area contributed by atoms with Crippen LogP contribution in [0.2, 0.25) is 10.0 Å². The Bertz CT molecular complexity index is 1160. The molecule has 27 heavy (non-hydrogen) atoms. The van der Waals surface area contributed by atoms with Crippen LogP contribution in [0, 0.1) is 0 Å². The zero-order chi connectivity index (χ0) is 19.2. The minimum absolute atomic E-state index is 0.0133. The number of sulfonamides is 1. The SMILES string of the molecule is O=c1[nH]c2ccccc2n1C1CCN(S(=O)(=O)c2cc(Cl)ccc2Cl)CC1. The van der Waals surface area contributed by atoms with Gasteiger partial charge >= 0.3 is 5.69 Å². The molecule has 0 aliphatic carbocycles. The number of aromatic nitrogens is 2. The van der Waals surface area contributed by atoms with Crippen molar-refractivity contribution in [1.82, 2.24) is 13.9 Å². The molecule has 2 heterocycles. The summed E-state index contributed by atoms with van der Waals surface area (Å²) in [6, 6.07) is 11.8. The van der Waals surface area contributed by atoms with Crippen molar-refractivity contribution in [1.29, 1.82) is 0 Å². The van der Waals surface area contributed by atoms with Crippen molar-refractivity contribution in [2.45, 2.75) is 23.8 Å². The van der Waals surface area contributed by atoms with Crippen molar-refractivity contribution in [2.24, 2.45) is 0 Å². The molecule has 1 aromatic heterocycles. The van der Waals surface area contributed by atoms with Gasteiger partial charge in [0.05, 0.1) is 16.1 Å². The van der Waals surface area contributed by atoms with Gasteiger partial charge in [-0.05, 0) is 43.2 Å². The summed E-state index contributed by atoms with van der Waals surface area (Å²) >= 11 is 12.0. The highest BCUT2D eigenvalue weighted by molar-refractivity contribution is 7.89. The molecule has 4 rings (SSSR count). The molecule has 1 N–H and O–H groups in total. The number of para-hydroxylation sites is 2. The second-order valence-corrected chi connectivity index (χ2v) is 9.28. The topological polar surface area (TPSA) is 75.2 Å². The van der Waals surface area contributed by atoms with E-state index in [4.69, 9.17) is 23.2 Å². The van der Waals surface area contributed by atoms with Gasteiger partial charge in [0, 0.05) is 24.2 Å². The van der Waals surface area contributed by atoms with Gasteiger partial charge in [0.2, 0.25) is 10.0 Å². The number of hydrogen-bond donors (Lipinski definition) is 1. The van der Waals surface area contributed by atoms with E-state index in [1.807, 2.05) is 24.3 Å². The van der Waals surface area contributed by atoms with Crippen molar-refractivity contribution in [2.75, 3.05) is 13.1 Å². The van der Waals surface area contributed by atoms with Gasteiger partial charge in [0.15, 0.2) is 0 Å². The number of nitrogens with one attached hydrogen (secondary N) is 1. The number of halogens is 2. The van der Waals surface area contributed by atoms with Gasteiger partial charge in [-0.15, -0.1) is 0 Å². The Kier molecular flexibility index (Phi) is 4.80. The number of fused-ring (bicyclic) bond motifs is 1. The van der Waals surface area contributed by atoms with E-state index in [0.717, 1.165) is 11.0 Å². The average molecular weight is 426 g/mol. The van der Waals surface area contributed by atoms with E-state index < -0.39 is 10.0 Å². The van der Waals surface area contributed by atoms with Crippen LogP contribution in [0.4, 0.5) is 0 Å². The number of imidazole rings is 1. The number of rotatable bonds is 3. The number of benzene rings is 2. The first-order chi connectivity index (χ1) is 12.9. The molecule has 9 heteroatoms. The maximum Gasteiger partial charge on any atom is 0.326 e. The van der Waals surface area contributed by atoms with Crippen LogP contribution in [0.1, 0.15) is 18.9 Å². The number of nitrogens with zero attached hydrogens (tertiary/aromatic N) is 2.